The maximum atomic E-state index is 12.9. The third-order valence-corrected chi connectivity index (χ3v) is 6.32. The first-order chi connectivity index (χ1) is 16.5. The van der Waals surface area contributed by atoms with E-state index >= 15 is 0 Å². The topological polar surface area (TPSA) is 92.8 Å². The minimum Gasteiger partial charge on any atom is -0.497 e. The van der Waals surface area contributed by atoms with Crippen LogP contribution in [-0.2, 0) is 4.79 Å². The fraction of sp³-hybridized carbons (Fsp3) is 0.120. The molecule has 170 valence electrons. The maximum absolute atomic E-state index is 12.9. The number of hydrogen-bond acceptors (Lipinski definition) is 6. The Kier molecular flexibility index (Phi) is 7.16. The quantitative estimate of drug-likeness (QED) is 0.340. The van der Waals surface area contributed by atoms with Crippen molar-refractivity contribution in [2.45, 2.75) is 17.3 Å². The van der Waals surface area contributed by atoms with E-state index in [4.69, 9.17) is 16.3 Å². The van der Waals surface area contributed by atoms with Crippen LogP contribution in [0.1, 0.15) is 12.5 Å². The minimum atomic E-state index is -0.508. The summed E-state index contributed by atoms with van der Waals surface area (Å²) in [5.41, 5.74) is 2.53. The second kappa shape index (κ2) is 10.4. The van der Waals surface area contributed by atoms with E-state index in [1.807, 2.05) is 41.0 Å². The highest BCUT2D eigenvalue weighted by Gasteiger charge is 2.22. The largest absolute Gasteiger partial charge is 0.497 e. The van der Waals surface area contributed by atoms with Gasteiger partial charge < -0.3 is 10.1 Å². The standard InChI is InChI=1S/C25H20ClN5O2S/c1-16(24(32)28-22-6-4-3-5-18(22)15-27)34-25-30-29-23(17-7-9-19(26)10-8-17)31(25)20-11-13-21(33-2)14-12-20/h3-14,16H,1-2H3,(H,28,32). The molecule has 0 saturated heterocycles. The predicted molar refractivity (Wildman–Crippen MR) is 133 cm³/mol. The van der Waals surface area contributed by atoms with E-state index in [1.165, 1.54) is 11.8 Å². The Hall–Kier alpha value is -3.80. The smallest absolute Gasteiger partial charge is 0.237 e. The van der Waals surface area contributed by atoms with E-state index < -0.39 is 5.25 Å². The molecule has 0 saturated carbocycles. The number of halogens is 1. The SMILES string of the molecule is COc1ccc(-n2c(SC(C)C(=O)Nc3ccccc3C#N)nnc2-c2ccc(Cl)cc2)cc1. The Morgan fingerprint density at radius 3 is 2.47 bits per heavy atom. The minimum absolute atomic E-state index is 0.245. The molecular formula is C25H20ClN5O2S. The third-order valence-electron chi connectivity index (χ3n) is 5.02. The first-order valence-corrected chi connectivity index (χ1v) is 11.6. The summed E-state index contributed by atoms with van der Waals surface area (Å²) in [6, 6.07) is 23.8. The molecule has 1 unspecified atom stereocenters. The molecule has 3 aromatic carbocycles. The molecule has 9 heteroatoms. The Morgan fingerprint density at radius 2 is 1.79 bits per heavy atom. The van der Waals surface area contributed by atoms with Gasteiger partial charge in [0.25, 0.3) is 0 Å². The van der Waals surface area contributed by atoms with Crippen LogP contribution in [-0.4, -0.2) is 33.0 Å². The van der Waals surface area contributed by atoms with Gasteiger partial charge in [-0.3, -0.25) is 9.36 Å². The van der Waals surface area contributed by atoms with Gasteiger partial charge in [0.2, 0.25) is 5.91 Å². The Labute approximate surface area is 206 Å². The number of nitrogens with zero attached hydrogens (tertiary/aromatic N) is 4. The molecule has 0 aliphatic carbocycles. The second-order valence-electron chi connectivity index (χ2n) is 7.25. The summed E-state index contributed by atoms with van der Waals surface area (Å²) in [6.45, 7) is 1.78. The zero-order valence-electron chi connectivity index (χ0n) is 18.4. The molecule has 1 atom stereocenters. The Balaban J connectivity index is 1.66. The first-order valence-electron chi connectivity index (χ1n) is 10.3. The number of ether oxygens (including phenoxy) is 1. The van der Waals surface area contributed by atoms with Crippen molar-refractivity contribution in [3.05, 3.63) is 83.4 Å². The number of para-hydroxylation sites is 1. The van der Waals surface area contributed by atoms with Crippen LogP contribution in [0.4, 0.5) is 5.69 Å². The third kappa shape index (κ3) is 5.06. The fourth-order valence-corrected chi connectivity index (χ4v) is 4.23. The molecule has 7 nitrogen and oxygen atoms in total. The zero-order valence-corrected chi connectivity index (χ0v) is 20.0. The molecule has 0 fully saturated rings. The van der Waals surface area contributed by atoms with Gasteiger partial charge in [-0.1, -0.05) is 35.5 Å². The van der Waals surface area contributed by atoms with Crippen molar-refractivity contribution in [3.8, 4) is 28.9 Å². The molecule has 0 radical (unpaired) electrons. The van der Waals surface area contributed by atoms with Crippen molar-refractivity contribution in [3.63, 3.8) is 0 Å². The van der Waals surface area contributed by atoms with Crippen LogP contribution in [0.3, 0.4) is 0 Å². The Bertz CT molecular complexity index is 1350. The van der Waals surface area contributed by atoms with Crippen molar-refractivity contribution in [1.29, 1.82) is 5.26 Å². The lowest BCUT2D eigenvalue weighted by molar-refractivity contribution is -0.115. The van der Waals surface area contributed by atoms with Gasteiger partial charge in [0, 0.05) is 16.3 Å². The summed E-state index contributed by atoms with van der Waals surface area (Å²) < 4.78 is 7.17. The van der Waals surface area contributed by atoms with Gasteiger partial charge in [0.05, 0.1) is 23.6 Å². The summed E-state index contributed by atoms with van der Waals surface area (Å²) in [5.74, 6) is 1.10. The summed E-state index contributed by atoms with van der Waals surface area (Å²) in [4.78, 5) is 12.9. The van der Waals surface area contributed by atoms with Crippen LogP contribution in [0.2, 0.25) is 5.02 Å². The molecule has 1 aromatic heterocycles. The van der Waals surface area contributed by atoms with Crippen LogP contribution in [0.15, 0.2) is 78.0 Å². The molecule has 4 rings (SSSR count). The van der Waals surface area contributed by atoms with Crippen LogP contribution in [0.25, 0.3) is 17.1 Å². The lowest BCUT2D eigenvalue weighted by atomic mass is 10.2. The lowest BCUT2D eigenvalue weighted by Gasteiger charge is -2.15. The van der Waals surface area contributed by atoms with E-state index in [9.17, 15) is 10.1 Å². The zero-order chi connectivity index (χ0) is 24.1. The summed E-state index contributed by atoms with van der Waals surface area (Å²) in [6.07, 6.45) is 0. The van der Waals surface area contributed by atoms with Gasteiger partial charge in [-0.05, 0) is 67.6 Å². The maximum Gasteiger partial charge on any atom is 0.237 e. The number of carbonyl (C=O) groups excluding carboxylic acids is 1. The van der Waals surface area contributed by atoms with Gasteiger partial charge in [0.1, 0.15) is 11.8 Å². The molecular weight excluding hydrogens is 470 g/mol. The number of benzene rings is 3. The summed E-state index contributed by atoms with van der Waals surface area (Å²) >= 11 is 7.33. The van der Waals surface area contributed by atoms with Crippen molar-refractivity contribution in [2.24, 2.45) is 0 Å². The van der Waals surface area contributed by atoms with E-state index in [1.54, 1.807) is 50.4 Å². The van der Waals surface area contributed by atoms with E-state index in [-0.39, 0.29) is 5.91 Å². The van der Waals surface area contributed by atoms with Gasteiger partial charge in [0.15, 0.2) is 11.0 Å². The first kappa shape index (κ1) is 23.4. The number of methoxy groups -OCH3 is 1. The van der Waals surface area contributed by atoms with Gasteiger partial charge >= 0.3 is 0 Å². The monoisotopic (exact) mass is 489 g/mol. The highest BCUT2D eigenvalue weighted by Crippen LogP contribution is 2.32. The normalized spacial score (nSPS) is 11.5. The number of hydrogen-bond donors (Lipinski definition) is 1. The van der Waals surface area contributed by atoms with Gasteiger partial charge in [-0.15, -0.1) is 10.2 Å². The van der Waals surface area contributed by atoms with Crippen molar-refractivity contribution >= 4 is 35.0 Å². The average Bonchev–Trinajstić information content (AvgIpc) is 3.28. The van der Waals surface area contributed by atoms with Crippen LogP contribution in [0, 0.1) is 11.3 Å². The molecule has 34 heavy (non-hydrogen) atoms. The molecule has 0 aliphatic heterocycles. The molecule has 4 aromatic rings. The lowest BCUT2D eigenvalue weighted by Crippen LogP contribution is -2.23. The molecule has 1 amide bonds. The average molecular weight is 490 g/mol. The number of nitriles is 1. The van der Waals surface area contributed by atoms with E-state index in [0.29, 0.717) is 27.3 Å². The number of anilines is 1. The molecule has 0 spiro atoms. The van der Waals surface area contributed by atoms with E-state index in [0.717, 1.165) is 17.0 Å². The number of rotatable bonds is 7. The van der Waals surface area contributed by atoms with Crippen LogP contribution < -0.4 is 10.1 Å². The number of nitrogens with one attached hydrogen (secondary N) is 1. The van der Waals surface area contributed by atoms with Crippen molar-refractivity contribution in [1.82, 2.24) is 14.8 Å². The predicted octanol–water partition coefficient (Wildman–Crippen LogP) is 5.59. The highest BCUT2D eigenvalue weighted by atomic mass is 35.5. The second-order valence-corrected chi connectivity index (χ2v) is 9.00. The van der Waals surface area contributed by atoms with Crippen molar-refractivity contribution < 1.29 is 9.53 Å². The number of amides is 1. The Morgan fingerprint density at radius 1 is 1.09 bits per heavy atom. The number of thioether (sulfide) groups is 1. The van der Waals surface area contributed by atoms with Crippen LogP contribution >= 0.6 is 23.4 Å². The molecule has 1 N–H and O–H groups in total. The molecule has 0 aliphatic rings. The highest BCUT2D eigenvalue weighted by molar-refractivity contribution is 8.00. The fourth-order valence-electron chi connectivity index (χ4n) is 3.23. The number of carbonyl (C=O) groups is 1. The van der Waals surface area contributed by atoms with Crippen LogP contribution in [0.5, 0.6) is 5.75 Å². The summed E-state index contributed by atoms with van der Waals surface area (Å²) in [7, 11) is 1.61. The van der Waals surface area contributed by atoms with Gasteiger partial charge in [-0.25, -0.2) is 0 Å². The van der Waals surface area contributed by atoms with Gasteiger partial charge in [-0.2, -0.15) is 5.26 Å². The number of aromatic nitrogens is 3. The molecule has 0 bridgehead atoms. The van der Waals surface area contributed by atoms with E-state index in [2.05, 4.69) is 21.6 Å². The summed E-state index contributed by atoms with van der Waals surface area (Å²) in [5, 5.41) is 21.6. The molecule has 1 heterocycles. The van der Waals surface area contributed by atoms with Crippen molar-refractivity contribution in [2.75, 3.05) is 12.4 Å².